The van der Waals surface area contributed by atoms with Gasteiger partial charge in [-0.3, -0.25) is 25.0 Å². The van der Waals surface area contributed by atoms with E-state index >= 15 is 0 Å². The zero-order valence-electron chi connectivity index (χ0n) is 19.2. The number of carboxylic acid groups (broad SMARTS) is 1. The predicted molar refractivity (Wildman–Crippen MR) is 135 cm³/mol. The first kappa shape index (κ1) is 31.4. The van der Waals surface area contributed by atoms with E-state index in [1.165, 1.54) is 18.2 Å². The van der Waals surface area contributed by atoms with Crippen molar-refractivity contribution in [2.45, 2.75) is 0 Å². The van der Waals surface area contributed by atoms with E-state index in [2.05, 4.69) is 36.8 Å². The van der Waals surface area contributed by atoms with Crippen LogP contribution in [0.25, 0.3) is 10.9 Å². The Bertz CT molecular complexity index is 1540. The van der Waals surface area contributed by atoms with Crippen LogP contribution >= 0.6 is 31.9 Å². The Balaban J connectivity index is 0.000000356. The molecule has 12 nitrogen and oxygen atoms in total. The SMILES string of the molecule is O=C([O-])c1ccc2cccc(Oc3ccc([N+](=O)[O-])cc3[N+](=O)[O-])c2n1.O=Cc1cc(Br)c(O)c(Br)c1.[K+]. The van der Waals surface area contributed by atoms with Gasteiger partial charge < -0.3 is 19.7 Å². The van der Waals surface area contributed by atoms with Crippen molar-refractivity contribution in [1.29, 1.82) is 0 Å². The van der Waals surface area contributed by atoms with Crippen molar-refractivity contribution in [2.75, 3.05) is 0 Å². The number of carbonyl (C=O) groups is 2. The Morgan fingerprint density at radius 1 is 0.947 bits per heavy atom. The maximum absolute atomic E-state index is 11.2. The Morgan fingerprint density at radius 2 is 1.61 bits per heavy atom. The minimum atomic E-state index is -1.48. The summed E-state index contributed by atoms with van der Waals surface area (Å²) in [4.78, 5) is 45.6. The van der Waals surface area contributed by atoms with Gasteiger partial charge >= 0.3 is 57.1 Å². The minimum absolute atomic E-state index is 0. The number of rotatable bonds is 6. The third-order valence-corrected chi connectivity index (χ3v) is 5.85. The van der Waals surface area contributed by atoms with Crippen molar-refractivity contribution >= 4 is 66.4 Å². The molecule has 38 heavy (non-hydrogen) atoms. The molecule has 0 fully saturated rings. The molecule has 0 amide bonds. The quantitative estimate of drug-likeness (QED) is 0.137. The molecular formula is C23H12Br2KN3O9. The number of carbonyl (C=O) groups excluding carboxylic acids is 2. The van der Waals surface area contributed by atoms with Crippen molar-refractivity contribution in [3.63, 3.8) is 0 Å². The van der Waals surface area contributed by atoms with Crippen molar-refractivity contribution < 1.29 is 85.8 Å². The summed E-state index contributed by atoms with van der Waals surface area (Å²) in [5.41, 5.74) is -0.721. The number of ether oxygens (including phenoxy) is 1. The number of aromatic carboxylic acids is 1. The molecule has 0 aliphatic rings. The fourth-order valence-corrected chi connectivity index (χ4v) is 4.16. The maximum atomic E-state index is 11.2. The fourth-order valence-electron chi connectivity index (χ4n) is 2.94. The molecule has 1 N–H and O–H groups in total. The fraction of sp³-hybridized carbons (Fsp3) is 0. The number of pyridine rings is 1. The molecule has 0 radical (unpaired) electrons. The minimum Gasteiger partial charge on any atom is -0.543 e. The number of aromatic hydroxyl groups is 1. The number of phenols is 1. The van der Waals surface area contributed by atoms with E-state index in [-0.39, 0.29) is 79.8 Å². The van der Waals surface area contributed by atoms with Crippen molar-refractivity contribution in [1.82, 2.24) is 4.98 Å². The second kappa shape index (κ2) is 13.8. The van der Waals surface area contributed by atoms with E-state index in [0.29, 0.717) is 19.9 Å². The molecule has 0 saturated carbocycles. The molecular weight excluding hydrogens is 661 g/mol. The van der Waals surface area contributed by atoms with E-state index < -0.39 is 27.2 Å². The summed E-state index contributed by atoms with van der Waals surface area (Å²) in [6.45, 7) is 0. The summed E-state index contributed by atoms with van der Waals surface area (Å²) in [5, 5.41) is 42.7. The van der Waals surface area contributed by atoms with Gasteiger partial charge in [0.25, 0.3) is 5.69 Å². The topological polar surface area (TPSA) is 186 Å². The van der Waals surface area contributed by atoms with Gasteiger partial charge in [0.1, 0.15) is 17.6 Å². The number of aldehydes is 1. The van der Waals surface area contributed by atoms with Gasteiger partial charge in [0, 0.05) is 17.0 Å². The number of nitro groups is 2. The molecule has 1 aromatic heterocycles. The standard InChI is InChI=1S/C16H9N3O7.C7H4Br2O2.K/c20-16(21)11-6-4-9-2-1-3-14(15(9)17-11)26-13-7-5-10(18(22)23)8-12(13)19(24)25;8-5-1-4(3-10)2-6(9)7(5)11;/h1-8H,(H,20,21);1-3,11H;/q;;+1/p-1. The average molecular weight is 673 g/mol. The molecule has 0 bridgehead atoms. The van der Waals surface area contributed by atoms with E-state index in [1.54, 1.807) is 24.3 Å². The number of benzene rings is 3. The Kier molecular flexibility index (Phi) is 11.4. The van der Waals surface area contributed by atoms with Gasteiger partial charge in [-0.25, -0.2) is 4.98 Å². The van der Waals surface area contributed by atoms with Crippen molar-refractivity contribution in [3.8, 4) is 17.2 Å². The van der Waals surface area contributed by atoms with Gasteiger partial charge in [-0.2, -0.15) is 0 Å². The second-order valence-electron chi connectivity index (χ2n) is 7.03. The van der Waals surface area contributed by atoms with E-state index in [1.807, 2.05) is 0 Å². The summed E-state index contributed by atoms with van der Waals surface area (Å²) in [6.07, 6.45) is 0.717. The van der Waals surface area contributed by atoms with Gasteiger partial charge in [-0.1, -0.05) is 18.2 Å². The monoisotopic (exact) mass is 671 g/mol. The Hall–Kier alpha value is -2.79. The van der Waals surface area contributed by atoms with Crippen LogP contribution in [0.4, 0.5) is 11.4 Å². The van der Waals surface area contributed by atoms with Gasteiger partial charge in [-0.15, -0.1) is 0 Å². The van der Waals surface area contributed by atoms with Crippen LogP contribution in [0.15, 0.2) is 69.6 Å². The van der Waals surface area contributed by atoms with E-state index in [0.717, 1.165) is 24.5 Å². The number of aromatic nitrogens is 1. The van der Waals surface area contributed by atoms with Crippen LogP contribution in [0, 0.1) is 20.2 Å². The maximum Gasteiger partial charge on any atom is 1.00 e. The molecule has 3 aromatic carbocycles. The van der Waals surface area contributed by atoms with Crippen LogP contribution in [0.3, 0.4) is 0 Å². The first-order chi connectivity index (χ1) is 17.5. The number of non-ortho nitro benzene ring substituents is 1. The van der Waals surface area contributed by atoms with Crippen molar-refractivity contribution in [3.05, 3.63) is 101 Å². The number of hydrogen-bond donors (Lipinski definition) is 1. The molecule has 15 heteroatoms. The Morgan fingerprint density at radius 3 is 2.16 bits per heavy atom. The molecule has 188 valence electrons. The number of fused-ring (bicyclic) bond motifs is 1. The first-order valence-electron chi connectivity index (χ1n) is 9.86. The molecule has 0 atom stereocenters. The molecule has 4 rings (SSSR count). The van der Waals surface area contributed by atoms with Crippen LogP contribution in [0.5, 0.6) is 17.2 Å². The molecule has 0 unspecified atom stereocenters. The van der Waals surface area contributed by atoms with E-state index in [4.69, 9.17) is 4.74 Å². The number of hydrogen-bond acceptors (Lipinski definition) is 10. The summed E-state index contributed by atoms with van der Waals surface area (Å²) in [5.74, 6) is -1.56. The van der Waals surface area contributed by atoms with E-state index in [9.17, 15) is 40.0 Å². The summed E-state index contributed by atoms with van der Waals surface area (Å²) in [6, 6.07) is 13.5. The average Bonchev–Trinajstić information content (AvgIpc) is 2.87. The molecule has 0 saturated heterocycles. The number of carboxylic acids is 1. The van der Waals surface area contributed by atoms with Crippen LogP contribution in [-0.4, -0.2) is 32.2 Å². The molecule has 0 aliphatic carbocycles. The van der Waals surface area contributed by atoms with Gasteiger partial charge in [-0.05, 0) is 62.2 Å². The predicted octanol–water partition coefficient (Wildman–Crippen LogP) is 1.94. The molecule has 0 spiro atoms. The van der Waals surface area contributed by atoms with Crippen LogP contribution in [0.2, 0.25) is 0 Å². The zero-order chi connectivity index (χ0) is 27.3. The summed E-state index contributed by atoms with van der Waals surface area (Å²) in [7, 11) is 0. The smallest absolute Gasteiger partial charge is 0.543 e. The third-order valence-electron chi connectivity index (χ3n) is 4.64. The molecule has 1 heterocycles. The molecule has 0 aliphatic heterocycles. The van der Waals surface area contributed by atoms with Gasteiger partial charge in [0.05, 0.1) is 36.5 Å². The van der Waals surface area contributed by atoms with Crippen molar-refractivity contribution in [2.24, 2.45) is 0 Å². The normalized spacial score (nSPS) is 9.95. The molecule has 4 aromatic rings. The van der Waals surface area contributed by atoms with Crippen LogP contribution < -0.4 is 61.2 Å². The largest absolute Gasteiger partial charge is 1.00 e. The zero-order valence-corrected chi connectivity index (χ0v) is 25.5. The number of nitrogens with zero attached hydrogens (tertiary/aromatic N) is 3. The number of para-hydroxylation sites is 1. The summed E-state index contributed by atoms with van der Waals surface area (Å²) >= 11 is 6.20. The van der Waals surface area contributed by atoms with Gasteiger partial charge in [0.2, 0.25) is 5.75 Å². The number of halogens is 2. The third kappa shape index (κ3) is 7.63. The van der Waals surface area contributed by atoms with Crippen LogP contribution in [-0.2, 0) is 0 Å². The first-order valence-corrected chi connectivity index (χ1v) is 11.5. The summed E-state index contributed by atoms with van der Waals surface area (Å²) < 4.78 is 6.53. The van der Waals surface area contributed by atoms with Crippen LogP contribution in [0.1, 0.15) is 20.8 Å². The second-order valence-corrected chi connectivity index (χ2v) is 8.74. The Labute approximate surface area is 272 Å². The number of nitro benzene ring substituents is 2. The number of phenolic OH excluding ortho intramolecular Hbond substituents is 1. The van der Waals surface area contributed by atoms with Gasteiger partial charge in [0.15, 0.2) is 5.75 Å².